The Kier molecular flexibility index (Phi) is 3.19. The second-order valence-corrected chi connectivity index (χ2v) is 4.39. The molecule has 0 aromatic heterocycles. The number of Topliss-reactive ketones (excluding diaryl/α,β-unsaturated/α-hetero) is 1. The number of ether oxygens (including phenoxy) is 1. The highest BCUT2D eigenvalue weighted by Crippen LogP contribution is 2.31. The molecule has 0 spiro atoms. The lowest BCUT2D eigenvalue weighted by molar-refractivity contribution is -0.148. The number of ketones is 1. The number of rotatable bonds is 2. The fourth-order valence-electron chi connectivity index (χ4n) is 1.94. The molecule has 1 aromatic carbocycles. The molecule has 1 unspecified atom stereocenters. The lowest BCUT2D eigenvalue weighted by atomic mass is 9.98. The van der Waals surface area contributed by atoms with Gasteiger partial charge in [0.05, 0.1) is 0 Å². The van der Waals surface area contributed by atoms with Gasteiger partial charge in [-0.05, 0) is 19.4 Å². The smallest absolute Gasteiger partial charge is 0.345 e. The standard InChI is InChI=1S/C14H14O4/c1-8-3-5-10(6-4-8)12-7-11(16)13(9(2)15)14(17)18-12/h3-6,12,16H,7H2,1-2H3. The Labute approximate surface area is 105 Å². The molecule has 0 saturated carbocycles. The van der Waals surface area contributed by atoms with E-state index in [0.717, 1.165) is 11.1 Å². The van der Waals surface area contributed by atoms with Crippen molar-refractivity contribution in [2.45, 2.75) is 26.4 Å². The van der Waals surface area contributed by atoms with Crippen molar-refractivity contribution in [3.8, 4) is 0 Å². The molecule has 4 heteroatoms. The second kappa shape index (κ2) is 4.64. The fraction of sp³-hybridized carbons (Fsp3) is 0.286. The lowest BCUT2D eigenvalue weighted by Gasteiger charge is -2.23. The third kappa shape index (κ3) is 2.27. The van der Waals surface area contributed by atoms with Crippen molar-refractivity contribution in [3.05, 3.63) is 46.7 Å². The van der Waals surface area contributed by atoms with Gasteiger partial charge >= 0.3 is 5.97 Å². The molecule has 1 aliphatic heterocycles. The van der Waals surface area contributed by atoms with Crippen LogP contribution in [0.3, 0.4) is 0 Å². The predicted molar refractivity (Wildman–Crippen MR) is 65.0 cm³/mol. The Balaban J connectivity index is 2.29. The maximum atomic E-state index is 11.6. The summed E-state index contributed by atoms with van der Waals surface area (Å²) in [6, 6.07) is 7.51. The van der Waals surface area contributed by atoms with Gasteiger partial charge in [-0.3, -0.25) is 4.79 Å². The number of carbonyl (C=O) groups excluding carboxylic acids is 2. The molecule has 0 radical (unpaired) electrons. The summed E-state index contributed by atoms with van der Waals surface area (Å²) in [4.78, 5) is 22.8. The minimum atomic E-state index is -0.753. The van der Waals surface area contributed by atoms with E-state index in [4.69, 9.17) is 4.74 Å². The first-order valence-electron chi connectivity index (χ1n) is 5.69. The van der Waals surface area contributed by atoms with Gasteiger partial charge in [-0.2, -0.15) is 0 Å². The molecule has 1 aliphatic rings. The molecule has 18 heavy (non-hydrogen) atoms. The molecular formula is C14H14O4. The van der Waals surface area contributed by atoms with E-state index in [1.807, 2.05) is 31.2 Å². The zero-order chi connectivity index (χ0) is 13.3. The van der Waals surface area contributed by atoms with Gasteiger partial charge in [0, 0.05) is 6.42 Å². The zero-order valence-electron chi connectivity index (χ0n) is 10.3. The van der Waals surface area contributed by atoms with Crippen LogP contribution in [-0.4, -0.2) is 16.9 Å². The summed E-state index contributed by atoms with van der Waals surface area (Å²) >= 11 is 0. The summed E-state index contributed by atoms with van der Waals surface area (Å²) in [6.45, 7) is 3.20. The van der Waals surface area contributed by atoms with Gasteiger partial charge in [0.1, 0.15) is 17.4 Å². The van der Waals surface area contributed by atoms with Crippen LogP contribution >= 0.6 is 0 Å². The summed E-state index contributed by atoms with van der Waals surface area (Å²) in [5.74, 6) is -1.42. The molecule has 0 bridgehead atoms. The number of hydrogen-bond donors (Lipinski definition) is 1. The van der Waals surface area contributed by atoms with Crippen LogP contribution in [0.2, 0.25) is 0 Å². The molecule has 0 aliphatic carbocycles. The highest BCUT2D eigenvalue weighted by molar-refractivity contribution is 6.17. The van der Waals surface area contributed by atoms with Crippen molar-refractivity contribution in [2.75, 3.05) is 0 Å². The second-order valence-electron chi connectivity index (χ2n) is 4.39. The molecule has 0 amide bonds. The van der Waals surface area contributed by atoms with Gasteiger partial charge in [-0.1, -0.05) is 29.8 Å². The summed E-state index contributed by atoms with van der Waals surface area (Å²) in [5, 5.41) is 9.75. The van der Waals surface area contributed by atoms with Crippen LogP contribution in [0, 0.1) is 6.92 Å². The maximum Gasteiger partial charge on any atom is 0.345 e. The molecule has 4 nitrogen and oxygen atoms in total. The van der Waals surface area contributed by atoms with E-state index >= 15 is 0 Å². The molecule has 1 heterocycles. The van der Waals surface area contributed by atoms with E-state index in [-0.39, 0.29) is 17.8 Å². The summed E-state index contributed by atoms with van der Waals surface area (Å²) in [7, 11) is 0. The first-order chi connectivity index (χ1) is 8.49. The quantitative estimate of drug-likeness (QED) is 0.642. The van der Waals surface area contributed by atoms with Gasteiger partial charge < -0.3 is 9.84 Å². The molecular weight excluding hydrogens is 232 g/mol. The number of aliphatic hydroxyl groups excluding tert-OH is 1. The van der Waals surface area contributed by atoms with Crippen molar-refractivity contribution in [1.82, 2.24) is 0 Å². The Morgan fingerprint density at radius 1 is 1.33 bits per heavy atom. The van der Waals surface area contributed by atoms with E-state index in [1.165, 1.54) is 6.92 Å². The van der Waals surface area contributed by atoms with Crippen molar-refractivity contribution in [3.63, 3.8) is 0 Å². The van der Waals surface area contributed by atoms with Crippen LogP contribution in [0.4, 0.5) is 0 Å². The molecule has 0 saturated heterocycles. The highest BCUT2D eigenvalue weighted by Gasteiger charge is 2.32. The first-order valence-corrected chi connectivity index (χ1v) is 5.69. The first kappa shape index (κ1) is 12.4. The van der Waals surface area contributed by atoms with Crippen LogP contribution < -0.4 is 0 Å². The van der Waals surface area contributed by atoms with Crippen molar-refractivity contribution in [2.24, 2.45) is 0 Å². The number of carbonyl (C=O) groups is 2. The van der Waals surface area contributed by atoms with E-state index in [0.29, 0.717) is 0 Å². The topological polar surface area (TPSA) is 63.6 Å². The highest BCUT2D eigenvalue weighted by atomic mass is 16.5. The Morgan fingerprint density at radius 2 is 1.94 bits per heavy atom. The number of cyclic esters (lactones) is 1. The summed E-state index contributed by atoms with van der Waals surface area (Å²) in [6.07, 6.45) is -0.384. The molecule has 94 valence electrons. The molecule has 0 fully saturated rings. The van der Waals surface area contributed by atoms with E-state index < -0.39 is 17.9 Å². The molecule has 2 rings (SSSR count). The van der Waals surface area contributed by atoms with E-state index in [1.54, 1.807) is 0 Å². The predicted octanol–water partition coefficient (Wildman–Crippen LogP) is 2.38. The third-order valence-electron chi connectivity index (χ3n) is 2.92. The van der Waals surface area contributed by atoms with Crippen LogP contribution in [0.5, 0.6) is 0 Å². The molecule has 1 atom stereocenters. The number of hydrogen-bond acceptors (Lipinski definition) is 4. The average Bonchev–Trinajstić information content (AvgIpc) is 2.28. The van der Waals surface area contributed by atoms with Gasteiger partial charge in [0.2, 0.25) is 0 Å². The SMILES string of the molecule is CC(=O)C1=C(O)CC(c2ccc(C)cc2)OC1=O. The Bertz CT molecular complexity index is 525. The van der Waals surface area contributed by atoms with Crippen molar-refractivity contribution in [1.29, 1.82) is 0 Å². The van der Waals surface area contributed by atoms with E-state index in [9.17, 15) is 14.7 Å². The number of aryl methyl sites for hydroxylation is 1. The van der Waals surface area contributed by atoms with Crippen LogP contribution in [0.15, 0.2) is 35.6 Å². The summed E-state index contributed by atoms with van der Waals surface area (Å²) in [5.41, 5.74) is 1.67. The lowest BCUT2D eigenvalue weighted by Crippen LogP contribution is -2.24. The van der Waals surface area contributed by atoms with Gasteiger partial charge in [-0.15, -0.1) is 0 Å². The summed E-state index contributed by atoms with van der Waals surface area (Å²) < 4.78 is 5.18. The van der Waals surface area contributed by atoms with E-state index in [2.05, 4.69) is 0 Å². The van der Waals surface area contributed by atoms with Crippen molar-refractivity contribution < 1.29 is 19.4 Å². The fourth-order valence-corrected chi connectivity index (χ4v) is 1.94. The largest absolute Gasteiger partial charge is 0.511 e. The Hall–Kier alpha value is -2.10. The zero-order valence-corrected chi connectivity index (χ0v) is 10.3. The van der Waals surface area contributed by atoms with Gasteiger partial charge in [0.15, 0.2) is 5.78 Å². The van der Waals surface area contributed by atoms with Crippen LogP contribution in [-0.2, 0) is 14.3 Å². The van der Waals surface area contributed by atoms with Gasteiger partial charge in [-0.25, -0.2) is 4.79 Å². The van der Waals surface area contributed by atoms with Crippen molar-refractivity contribution >= 4 is 11.8 Å². The van der Waals surface area contributed by atoms with Gasteiger partial charge in [0.25, 0.3) is 0 Å². The number of benzene rings is 1. The third-order valence-corrected chi connectivity index (χ3v) is 2.92. The Morgan fingerprint density at radius 3 is 2.44 bits per heavy atom. The molecule has 1 aromatic rings. The van der Waals surface area contributed by atoms with Crippen LogP contribution in [0.1, 0.15) is 30.6 Å². The minimum Gasteiger partial charge on any atom is -0.511 e. The van der Waals surface area contributed by atoms with Crippen LogP contribution in [0.25, 0.3) is 0 Å². The average molecular weight is 246 g/mol. The monoisotopic (exact) mass is 246 g/mol. The normalized spacial score (nSPS) is 19.7. The maximum absolute atomic E-state index is 11.6. The molecule has 1 N–H and O–H groups in total. The number of aliphatic hydroxyl groups is 1. The number of esters is 1. The minimum absolute atomic E-state index is 0.143.